The smallest absolute Gasteiger partial charge is 0.193 e. The molecule has 1 aromatic heterocycles. The van der Waals surface area contributed by atoms with Crippen molar-refractivity contribution in [1.29, 1.82) is 0 Å². The van der Waals surface area contributed by atoms with E-state index in [1.807, 2.05) is 6.07 Å². The van der Waals surface area contributed by atoms with Gasteiger partial charge in [-0.25, -0.2) is 9.11 Å². The van der Waals surface area contributed by atoms with Crippen molar-refractivity contribution in [2.24, 2.45) is 0 Å². The number of ketones is 1. The predicted molar refractivity (Wildman–Crippen MR) is 112 cm³/mol. The van der Waals surface area contributed by atoms with Gasteiger partial charge in [-0.2, -0.15) is 0 Å². The van der Waals surface area contributed by atoms with Gasteiger partial charge >= 0.3 is 0 Å². The zero-order valence-electron chi connectivity index (χ0n) is 16.1. The van der Waals surface area contributed by atoms with Gasteiger partial charge in [0.1, 0.15) is 5.82 Å². The Morgan fingerprint density at radius 3 is 2.73 bits per heavy atom. The second-order valence-corrected chi connectivity index (χ2v) is 7.45. The third-order valence-corrected chi connectivity index (χ3v) is 4.91. The first-order chi connectivity index (χ1) is 14.5. The number of anilines is 1. The number of aliphatic hydroxyl groups excluding tert-OH is 1. The zero-order valence-corrected chi connectivity index (χ0v) is 16.9. The highest BCUT2D eigenvalue weighted by molar-refractivity contribution is 7.77. The standard InChI is InChI=1S/C21H22FN3O4S/c22-18-9-14(2-1-5-25-30(28)29)8-17(11-18)21(27)15-3-4-20-16(10-15)12-19(13-24-20)23-6-7-26/h3-4,8-13,23,25-26H,1-2,5-7H2,(H,28,29)/p-1. The summed E-state index contributed by atoms with van der Waals surface area (Å²) in [6.07, 6.45) is 2.57. The first-order valence-corrected chi connectivity index (χ1v) is 10.5. The fraction of sp³-hybridized carbons (Fsp3) is 0.238. The maximum atomic E-state index is 14.1. The number of aryl methyl sites for hydroxylation is 1. The van der Waals surface area contributed by atoms with Gasteiger partial charge in [-0.15, -0.1) is 0 Å². The summed E-state index contributed by atoms with van der Waals surface area (Å²) >= 11 is -2.33. The Labute approximate surface area is 175 Å². The fourth-order valence-electron chi connectivity index (χ4n) is 3.11. The molecule has 0 aliphatic rings. The molecular weight excluding hydrogens is 409 g/mol. The first kappa shape index (κ1) is 22.0. The van der Waals surface area contributed by atoms with Crippen molar-refractivity contribution >= 4 is 33.6 Å². The number of hydrogen-bond donors (Lipinski definition) is 3. The van der Waals surface area contributed by atoms with E-state index in [4.69, 9.17) is 5.11 Å². The number of fused-ring (bicyclic) bond motifs is 1. The average Bonchev–Trinajstić information content (AvgIpc) is 2.73. The van der Waals surface area contributed by atoms with Crippen molar-refractivity contribution in [3.8, 4) is 0 Å². The minimum atomic E-state index is -2.33. The van der Waals surface area contributed by atoms with E-state index in [0.29, 0.717) is 36.0 Å². The lowest BCUT2D eigenvalue weighted by atomic mass is 9.98. The number of rotatable bonds is 10. The molecule has 3 rings (SSSR count). The third-order valence-electron chi connectivity index (χ3n) is 4.47. The summed E-state index contributed by atoms with van der Waals surface area (Å²) in [4.78, 5) is 17.3. The summed E-state index contributed by atoms with van der Waals surface area (Å²) in [5.74, 6) is -0.834. The van der Waals surface area contributed by atoms with Crippen LogP contribution in [0.4, 0.5) is 10.1 Å². The van der Waals surface area contributed by atoms with Crippen molar-refractivity contribution in [2.45, 2.75) is 12.8 Å². The maximum Gasteiger partial charge on any atom is 0.193 e. The van der Waals surface area contributed by atoms with Gasteiger partial charge in [0.2, 0.25) is 0 Å². The Hall–Kier alpha value is -2.72. The molecule has 3 N–H and O–H groups in total. The maximum absolute atomic E-state index is 14.1. The molecule has 158 valence electrons. The fourth-order valence-corrected chi connectivity index (χ4v) is 3.42. The number of aliphatic hydroxyl groups is 1. The first-order valence-electron chi connectivity index (χ1n) is 9.38. The van der Waals surface area contributed by atoms with Crippen LogP contribution in [0, 0.1) is 5.82 Å². The molecule has 0 spiro atoms. The topological polar surface area (TPSA) is 114 Å². The molecule has 1 heterocycles. The number of hydrogen-bond acceptors (Lipinski definition) is 6. The van der Waals surface area contributed by atoms with Gasteiger partial charge in [-0.1, -0.05) is 0 Å². The summed E-state index contributed by atoms with van der Waals surface area (Å²) in [5.41, 5.74) is 2.69. The minimum Gasteiger partial charge on any atom is -0.760 e. The number of halogens is 1. The summed E-state index contributed by atoms with van der Waals surface area (Å²) in [7, 11) is 0. The second kappa shape index (κ2) is 10.4. The van der Waals surface area contributed by atoms with Gasteiger partial charge in [0.05, 0.1) is 24.0 Å². The van der Waals surface area contributed by atoms with Crippen LogP contribution in [0.3, 0.4) is 0 Å². The van der Waals surface area contributed by atoms with Crippen LogP contribution in [-0.2, 0) is 17.7 Å². The molecule has 0 fully saturated rings. The van der Waals surface area contributed by atoms with Crippen LogP contribution in [0.2, 0.25) is 0 Å². The third kappa shape index (κ3) is 5.90. The second-order valence-electron chi connectivity index (χ2n) is 6.69. The molecule has 0 saturated heterocycles. The number of pyridine rings is 1. The molecule has 0 aliphatic carbocycles. The van der Waals surface area contributed by atoms with Crippen LogP contribution in [0.5, 0.6) is 0 Å². The van der Waals surface area contributed by atoms with Gasteiger partial charge in [0.25, 0.3) is 0 Å². The number of nitrogens with zero attached hydrogens (tertiary/aromatic N) is 1. The average molecular weight is 430 g/mol. The van der Waals surface area contributed by atoms with Crippen LogP contribution in [0.25, 0.3) is 10.9 Å². The van der Waals surface area contributed by atoms with Crippen molar-refractivity contribution in [2.75, 3.05) is 25.0 Å². The molecule has 3 aromatic rings. The largest absolute Gasteiger partial charge is 0.760 e. The summed E-state index contributed by atoms with van der Waals surface area (Å²) < 4.78 is 37.3. The van der Waals surface area contributed by atoms with E-state index >= 15 is 0 Å². The van der Waals surface area contributed by atoms with Gasteiger partial charge in [0, 0.05) is 40.9 Å². The lowest BCUT2D eigenvalue weighted by molar-refractivity contribution is 0.103. The van der Waals surface area contributed by atoms with Crippen LogP contribution < -0.4 is 10.0 Å². The molecule has 2 aromatic carbocycles. The SMILES string of the molecule is O=C(c1cc(F)cc(CCCNS(=O)[O-])c1)c1ccc2ncc(NCCO)cc2c1. The molecule has 0 amide bonds. The zero-order chi connectivity index (χ0) is 21.5. The summed E-state index contributed by atoms with van der Waals surface area (Å²) in [6, 6.07) is 11.1. The molecule has 1 atom stereocenters. The number of benzene rings is 2. The Morgan fingerprint density at radius 2 is 1.97 bits per heavy atom. The predicted octanol–water partition coefficient (Wildman–Crippen LogP) is 2.33. The van der Waals surface area contributed by atoms with Gasteiger partial charge in [0.15, 0.2) is 5.78 Å². The molecule has 9 heteroatoms. The van der Waals surface area contributed by atoms with E-state index in [-0.39, 0.29) is 24.5 Å². The Bertz CT molecular complexity index is 1080. The van der Waals surface area contributed by atoms with Crippen LogP contribution in [-0.4, -0.2) is 44.3 Å². The molecule has 30 heavy (non-hydrogen) atoms. The van der Waals surface area contributed by atoms with Crippen LogP contribution in [0.15, 0.2) is 48.7 Å². The highest BCUT2D eigenvalue weighted by atomic mass is 32.2. The highest BCUT2D eigenvalue weighted by Crippen LogP contribution is 2.21. The normalized spacial score (nSPS) is 12.1. The van der Waals surface area contributed by atoms with Crippen molar-refractivity contribution < 1.29 is 23.1 Å². The minimum absolute atomic E-state index is 0.0106. The molecule has 0 aliphatic heterocycles. The number of carbonyl (C=O) groups excluding carboxylic acids is 1. The molecular formula is C21H21FN3O4S-. The monoisotopic (exact) mass is 430 g/mol. The summed E-state index contributed by atoms with van der Waals surface area (Å²) in [6.45, 7) is 0.613. The van der Waals surface area contributed by atoms with Crippen molar-refractivity contribution in [3.63, 3.8) is 0 Å². The van der Waals surface area contributed by atoms with Crippen molar-refractivity contribution in [3.05, 3.63) is 71.2 Å². The van der Waals surface area contributed by atoms with Gasteiger partial charge in [-0.3, -0.25) is 14.0 Å². The van der Waals surface area contributed by atoms with E-state index in [0.717, 1.165) is 11.1 Å². The van der Waals surface area contributed by atoms with Crippen molar-refractivity contribution in [1.82, 2.24) is 9.71 Å². The van der Waals surface area contributed by atoms with Gasteiger partial charge in [-0.05, 0) is 60.9 Å². The van der Waals surface area contributed by atoms with E-state index in [2.05, 4.69) is 15.0 Å². The molecule has 1 unspecified atom stereocenters. The Kier molecular flexibility index (Phi) is 7.58. The molecule has 0 bridgehead atoms. The highest BCUT2D eigenvalue weighted by Gasteiger charge is 2.13. The van der Waals surface area contributed by atoms with E-state index in [1.165, 1.54) is 12.1 Å². The van der Waals surface area contributed by atoms with Crippen LogP contribution >= 0.6 is 0 Å². The van der Waals surface area contributed by atoms with Gasteiger partial charge < -0.3 is 15.0 Å². The molecule has 7 nitrogen and oxygen atoms in total. The lowest BCUT2D eigenvalue weighted by Crippen LogP contribution is -2.18. The number of aromatic nitrogens is 1. The van der Waals surface area contributed by atoms with E-state index in [1.54, 1.807) is 30.5 Å². The van der Waals surface area contributed by atoms with E-state index < -0.39 is 17.1 Å². The Balaban J connectivity index is 1.81. The lowest BCUT2D eigenvalue weighted by Gasteiger charge is -2.09. The quantitative estimate of drug-likeness (QED) is 0.258. The molecule has 0 saturated carbocycles. The summed E-state index contributed by atoms with van der Waals surface area (Å²) in [5, 5.41) is 12.7. The van der Waals surface area contributed by atoms with E-state index in [9.17, 15) is 17.9 Å². The van der Waals surface area contributed by atoms with Crippen LogP contribution in [0.1, 0.15) is 27.9 Å². The number of carbonyl (C=O) groups is 1. The Morgan fingerprint density at radius 1 is 1.13 bits per heavy atom. The molecule has 0 radical (unpaired) electrons. The number of nitrogens with one attached hydrogen (secondary N) is 2.